The van der Waals surface area contributed by atoms with E-state index in [0.29, 0.717) is 33.3 Å². The number of rotatable bonds is 2. The number of aliphatic hydroxyl groups is 1. The second kappa shape index (κ2) is 7.87. The molecule has 8 heteroatoms. The molecule has 4 aromatic rings. The maximum Gasteiger partial charge on any atom is 0.281 e. The fourth-order valence-electron chi connectivity index (χ4n) is 5.70. The Kier molecular flexibility index (Phi) is 4.99. The van der Waals surface area contributed by atoms with Crippen LogP contribution in [0, 0.1) is 17.1 Å². The van der Waals surface area contributed by atoms with Crippen LogP contribution in [0.3, 0.4) is 0 Å². The highest BCUT2D eigenvalue weighted by Crippen LogP contribution is 2.53. The number of nitrogens with zero attached hydrogens (tertiary/aromatic N) is 2. The van der Waals surface area contributed by atoms with Crippen LogP contribution < -0.4 is 0 Å². The second-order valence-corrected chi connectivity index (χ2v) is 9.99. The number of thiazole rings is 1. The van der Waals surface area contributed by atoms with Gasteiger partial charge < -0.3 is 5.11 Å². The summed E-state index contributed by atoms with van der Waals surface area (Å²) in [4.78, 5) is 4.40. The van der Waals surface area contributed by atoms with E-state index in [4.69, 9.17) is 0 Å². The van der Waals surface area contributed by atoms with Gasteiger partial charge in [0.15, 0.2) is 0 Å². The zero-order chi connectivity index (χ0) is 24.5. The van der Waals surface area contributed by atoms with Crippen LogP contribution in [-0.4, -0.2) is 16.0 Å². The third kappa shape index (κ3) is 3.29. The van der Waals surface area contributed by atoms with Crippen molar-refractivity contribution in [3.8, 4) is 17.2 Å². The van der Waals surface area contributed by atoms with Gasteiger partial charge in [0.05, 0.1) is 27.4 Å². The molecule has 0 saturated heterocycles. The highest BCUT2D eigenvalue weighted by molar-refractivity contribution is 7.16. The summed E-state index contributed by atoms with van der Waals surface area (Å²) in [5.41, 5.74) is 4.86. The monoisotopic (exact) mass is 494 g/mol. The molecular formula is C27H18F4N2OS. The van der Waals surface area contributed by atoms with Crippen molar-refractivity contribution in [2.45, 2.75) is 43.4 Å². The molecular weight excluding hydrogens is 476 g/mol. The summed E-state index contributed by atoms with van der Waals surface area (Å²) in [5.74, 6) is -4.65. The maximum atomic E-state index is 15.0. The predicted molar refractivity (Wildman–Crippen MR) is 125 cm³/mol. The van der Waals surface area contributed by atoms with Gasteiger partial charge in [0, 0.05) is 17.9 Å². The van der Waals surface area contributed by atoms with Gasteiger partial charge in [-0.1, -0.05) is 24.3 Å². The van der Waals surface area contributed by atoms with Crippen molar-refractivity contribution < 1.29 is 22.7 Å². The first kappa shape index (κ1) is 22.2. The lowest BCUT2D eigenvalue weighted by atomic mass is 9.74. The Bertz CT molecular complexity index is 1540. The first-order valence-corrected chi connectivity index (χ1v) is 12.1. The number of alkyl halides is 3. The standard InChI is InChI=1S/C27H18F4N2OS/c28-14-8-13(11-32)23-16(6-7-21(29)19(23)9-14)15-4-5-17(24-20(15)10-27(30,31)26(24)34)18-2-1-3-22-25(18)33-12-35-22/h1-5,8-9,12,16,21,26,34H,6-7,10H2/t16-,21+,26+/m1/s1. The molecule has 35 heavy (non-hydrogen) atoms. The van der Waals surface area contributed by atoms with Crippen molar-refractivity contribution in [2.75, 3.05) is 0 Å². The van der Waals surface area contributed by atoms with E-state index >= 15 is 0 Å². The Morgan fingerprint density at radius 1 is 1.06 bits per heavy atom. The van der Waals surface area contributed by atoms with Crippen molar-refractivity contribution in [1.29, 1.82) is 5.26 Å². The molecule has 3 nitrogen and oxygen atoms in total. The van der Waals surface area contributed by atoms with Gasteiger partial charge in [-0.25, -0.2) is 22.5 Å². The van der Waals surface area contributed by atoms with Crippen LogP contribution in [0.25, 0.3) is 21.3 Å². The lowest BCUT2D eigenvalue weighted by Crippen LogP contribution is -2.22. The van der Waals surface area contributed by atoms with Crippen LogP contribution in [0.1, 0.15) is 64.4 Å². The topological polar surface area (TPSA) is 56.9 Å². The summed E-state index contributed by atoms with van der Waals surface area (Å²) >= 11 is 1.44. The van der Waals surface area contributed by atoms with Gasteiger partial charge in [0.25, 0.3) is 5.92 Å². The molecule has 3 atom stereocenters. The zero-order valence-corrected chi connectivity index (χ0v) is 19.1. The summed E-state index contributed by atoms with van der Waals surface area (Å²) in [7, 11) is 0. The maximum absolute atomic E-state index is 15.0. The number of fused-ring (bicyclic) bond motifs is 3. The van der Waals surface area contributed by atoms with Crippen LogP contribution in [0.2, 0.25) is 0 Å². The van der Waals surface area contributed by atoms with Gasteiger partial charge >= 0.3 is 0 Å². The molecule has 0 fully saturated rings. The second-order valence-electron chi connectivity index (χ2n) is 9.11. The average molecular weight is 495 g/mol. The lowest BCUT2D eigenvalue weighted by molar-refractivity contribution is -0.0966. The van der Waals surface area contributed by atoms with E-state index in [9.17, 15) is 27.9 Å². The van der Waals surface area contributed by atoms with E-state index in [0.717, 1.165) is 16.8 Å². The number of hydrogen-bond acceptors (Lipinski definition) is 4. The fourth-order valence-corrected chi connectivity index (χ4v) is 6.41. The van der Waals surface area contributed by atoms with Gasteiger partial charge in [-0.15, -0.1) is 11.3 Å². The normalized spacial score (nSPS) is 22.6. The number of benzene rings is 3. The largest absolute Gasteiger partial charge is 0.382 e. The fraction of sp³-hybridized carbons (Fsp3) is 0.259. The number of nitriles is 1. The first-order valence-electron chi connectivity index (χ1n) is 11.2. The van der Waals surface area contributed by atoms with E-state index in [1.54, 1.807) is 23.7 Å². The van der Waals surface area contributed by atoms with Crippen LogP contribution in [-0.2, 0) is 6.42 Å². The van der Waals surface area contributed by atoms with Crippen molar-refractivity contribution in [3.05, 3.63) is 87.2 Å². The minimum atomic E-state index is -3.38. The predicted octanol–water partition coefficient (Wildman–Crippen LogP) is 7.14. The SMILES string of the molecule is N#Cc1cc(F)cc2c1[C@@H](c1ccc(-c3cccc4scnc34)c3c1CC(F)(F)[C@H]3O)CC[C@@H]2F. The average Bonchev–Trinajstić information content (AvgIpc) is 3.41. The highest BCUT2D eigenvalue weighted by atomic mass is 32.1. The third-order valence-electron chi connectivity index (χ3n) is 7.20. The van der Waals surface area contributed by atoms with E-state index in [1.165, 1.54) is 11.3 Å². The van der Waals surface area contributed by atoms with Crippen molar-refractivity contribution in [3.63, 3.8) is 0 Å². The summed E-state index contributed by atoms with van der Waals surface area (Å²) in [6.45, 7) is 0. The Morgan fingerprint density at radius 2 is 1.89 bits per heavy atom. The zero-order valence-electron chi connectivity index (χ0n) is 18.2. The summed E-state index contributed by atoms with van der Waals surface area (Å²) in [6, 6.07) is 13.0. The molecule has 1 heterocycles. The number of hydrogen-bond donors (Lipinski definition) is 1. The molecule has 0 unspecified atom stereocenters. The minimum Gasteiger partial charge on any atom is -0.382 e. The first-order chi connectivity index (χ1) is 16.8. The van der Waals surface area contributed by atoms with Crippen LogP contribution in [0.5, 0.6) is 0 Å². The van der Waals surface area contributed by atoms with Crippen molar-refractivity contribution >= 4 is 21.6 Å². The number of para-hydroxylation sites is 1. The van der Waals surface area contributed by atoms with Gasteiger partial charge in [-0.05, 0) is 64.4 Å². The van der Waals surface area contributed by atoms with E-state index in [2.05, 4.69) is 4.98 Å². The highest BCUT2D eigenvalue weighted by Gasteiger charge is 2.50. The molecule has 0 spiro atoms. The lowest BCUT2D eigenvalue weighted by Gasteiger charge is -2.31. The molecule has 0 amide bonds. The van der Waals surface area contributed by atoms with Crippen molar-refractivity contribution in [2.24, 2.45) is 0 Å². The molecule has 1 aromatic heterocycles. The molecule has 0 saturated carbocycles. The number of halogens is 4. The van der Waals surface area contributed by atoms with Gasteiger partial charge in [0.2, 0.25) is 0 Å². The Balaban J connectivity index is 1.60. The van der Waals surface area contributed by atoms with Crippen LogP contribution in [0.4, 0.5) is 17.6 Å². The van der Waals surface area contributed by atoms with Gasteiger partial charge in [-0.2, -0.15) is 5.26 Å². The van der Waals surface area contributed by atoms with Crippen molar-refractivity contribution in [1.82, 2.24) is 4.98 Å². The van der Waals surface area contributed by atoms with Gasteiger partial charge in [-0.3, -0.25) is 0 Å². The molecule has 6 rings (SSSR count). The van der Waals surface area contributed by atoms with Crippen LogP contribution in [0.15, 0.2) is 48.0 Å². The quantitative estimate of drug-likeness (QED) is 0.302. The Labute approximate surface area is 202 Å². The molecule has 2 aliphatic rings. The van der Waals surface area contributed by atoms with Crippen LogP contribution >= 0.6 is 11.3 Å². The molecule has 0 bridgehead atoms. The Morgan fingerprint density at radius 3 is 2.69 bits per heavy atom. The molecule has 3 aromatic carbocycles. The molecule has 176 valence electrons. The number of aliphatic hydroxyl groups excluding tert-OH is 1. The van der Waals surface area contributed by atoms with E-state index in [1.807, 2.05) is 18.2 Å². The summed E-state index contributed by atoms with van der Waals surface area (Å²) < 4.78 is 59.7. The van der Waals surface area contributed by atoms with Gasteiger partial charge in [0.1, 0.15) is 18.1 Å². The van der Waals surface area contributed by atoms with E-state index in [-0.39, 0.29) is 29.5 Å². The smallest absolute Gasteiger partial charge is 0.281 e. The Hall–Kier alpha value is -3.28. The minimum absolute atomic E-state index is 0.00252. The number of aromatic nitrogens is 1. The third-order valence-corrected chi connectivity index (χ3v) is 7.99. The molecule has 0 radical (unpaired) electrons. The summed E-state index contributed by atoms with van der Waals surface area (Å²) in [5, 5.41) is 20.4. The molecule has 1 N–H and O–H groups in total. The summed E-state index contributed by atoms with van der Waals surface area (Å²) in [6.07, 6.45) is -3.76. The van der Waals surface area contributed by atoms with E-state index < -0.39 is 36.4 Å². The molecule has 0 aliphatic heterocycles. The molecule has 2 aliphatic carbocycles.